The van der Waals surface area contributed by atoms with Crippen LogP contribution in [0.3, 0.4) is 0 Å². The third-order valence-corrected chi connectivity index (χ3v) is 6.59. The fourth-order valence-electron chi connectivity index (χ4n) is 1.50. The summed E-state index contributed by atoms with van der Waals surface area (Å²) in [5, 5.41) is 0. The van der Waals surface area contributed by atoms with E-state index in [4.69, 9.17) is 16.0 Å². The Morgan fingerprint density at radius 2 is 2.21 bits per heavy atom. The molecule has 8 heteroatoms. The molecule has 0 aliphatic heterocycles. The van der Waals surface area contributed by atoms with Gasteiger partial charge >= 0.3 is 0 Å². The summed E-state index contributed by atoms with van der Waals surface area (Å²) >= 11 is 10.5. The minimum atomic E-state index is -3.56. The highest BCUT2D eigenvalue weighted by molar-refractivity contribution is 9.10. The molecule has 1 unspecified atom stereocenters. The Kier molecular flexibility index (Phi) is 6.72. The second-order valence-electron chi connectivity index (χ2n) is 4.14. The van der Waals surface area contributed by atoms with Crippen LogP contribution in [0.4, 0.5) is 0 Å². The van der Waals surface area contributed by atoms with Crippen LogP contribution in [0.15, 0.2) is 20.0 Å². The number of furan rings is 1. The predicted octanol–water partition coefficient (Wildman–Crippen LogP) is 3.54. The molecule has 1 heterocycles. The molecule has 0 aliphatic carbocycles. The van der Waals surface area contributed by atoms with E-state index in [1.807, 2.05) is 13.2 Å². The molecular formula is C11H17BrClNO3S2. The van der Waals surface area contributed by atoms with Gasteiger partial charge in [0.1, 0.15) is 10.7 Å². The molecule has 0 radical (unpaired) electrons. The number of thioether (sulfide) groups is 1. The summed E-state index contributed by atoms with van der Waals surface area (Å²) in [6, 6.07) is 1.39. The average Bonchev–Trinajstić information content (AvgIpc) is 2.76. The summed E-state index contributed by atoms with van der Waals surface area (Å²) < 4.78 is 31.8. The maximum absolute atomic E-state index is 12.5. The smallest absolute Gasteiger partial charge is 0.247 e. The average molecular weight is 391 g/mol. The molecule has 0 fully saturated rings. The van der Waals surface area contributed by atoms with Gasteiger partial charge in [-0.15, -0.1) is 11.6 Å². The number of hydrogen-bond donors (Lipinski definition) is 0. The monoisotopic (exact) mass is 389 g/mol. The molecule has 1 atom stereocenters. The second kappa shape index (κ2) is 7.36. The molecular weight excluding hydrogens is 374 g/mol. The normalized spacial score (nSPS) is 14.0. The molecule has 0 bridgehead atoms. The van der Waals surface area contributed by atoms with Gasteiger partial charge in [-0.2, -0.15) is 16.1 Å². The molecule has 0 amide bonds. The Bertz CT molecular complexity index is 518. The molecule has 0 aromatic carbocycles. The van der Waals surface area contributed by atoms with E-state index in [1.165, 1.54) is 10.4 Å². The molecule has 0 aliphatic rings. The minimum absolute atomic E-state index is 0.0706. The van der Waals surface area contributed by atoms with E-state index >= 15 is 0 Å². The maximum atomic E-state index is 12.5. The van der Waals surface area contributed by atoms with E-state index in [-0.39, 0.29) is 21.5 Å². The van der Waals surface area contributed by atoms with Crippen LogP contribution in [-0.2, 0) is 15.9 Å². The van der Waals surface area contributed by atoms with Gasteiger partial charge in [0.25, 0.3) is 0 Å². The largest absolute Gasteiger partial charge is 0.452 e. The lowest BCUT2D eigenvalue weighted by molar-refractivity contribution is 0.381. The van der Waals surface area contributed by atoms with Crippen LogP contribution in [0.2, 0.25) is 0 Å². The van der Waals surface area contributed by atoms with E-state index < -0.39 is 10.0 Å². The molecule has 19 heavy (non-hydrogen) atoms. The van der Waals surface area contributed by atoms with Crippen LogP contribution in [0.1, 0.15) is 19.1 Å². The van der Waals surface area contributed by atoms with E-state index in [2.05, 4.69) is 15.9 Å². The van der Waals surface area contributed by atoms with Crippen molar-refractivity contribution in [1.82, 2.24) is 4.31 Å². The van der Waals surface area contributed by atoms with Crippen molar-refractivity contribution in [3.8, 4) is 0 Å². The summed E-state index contributed by atoms with van der Waals surface area (Å²) in [4.78, 5) is 0.127. The first-order chi connectivity index (χ1) is 8.84. The van der Waals surface area contributed by atoms with E-state index in [0.29, 0.717) is 5.76 Å². The first-order valence-electron chi connectivity index (χ1n) is 5.65. The topological polar surface area (TPSA) is 50.5 Å². The molecule has 110 valence electrons. The van der Waals surface area contributed by atoms with Crippen LogP contribution in [-0.4, -0.2) is 37.8 Å². The SMILES string of the molecule is CSCCC(C)N(C)S(=O)(=O)c1cc(CCl)oc1Br. The van der Waals surface area contributed by atoms with Gasteiger partial charge in [-0.05, 0) is 41.3 Å². The minimum Gasteiger partial charge on any atom is -0.452 e. The van der Waals surface area contributed by atoms with Crippen LogP contribution in [0.5, 0.6) is 0 Å². The van der Waals surface area contributed by atoms with Crippen molar-refractivity contribution in [3.05, 3.63) is 16.5 Å². The third-order valence-electron chi connectivity index (χ3n) is 2.86. The highest BCUT2D eigenvalue weighted by Gasteiger charge is 2.29. The Labute approximate surface area is 132 Å². The molecule has 1 aromatic heterocycles. The number of halogens is 2. The van der Waals surface area contributed by atoms with Crippen molar-refractivity contribution < 1.29 is 12.8 Å². The van der Waals surface area contributed by atoms with Gasteiger partial charge in [0.15, 0.2) is 4.67 Å². The van der Waals surface area contributed by atoms with E-state index in [9.17, 15) is 8.42 Å². The molecule has 0 saturated heterocycles. The van der Waals surface area contributed by atoms with Crippen molar-refractivity contribution in [3.63, 3.8) is 0 Å². The number of sulfonamides is 1. The van der Waals surface area contributed by atoms with Crippen molar-refractivity contribution in [2.45, 2.75) is 30.2 Å². The van der Waals surface area contributed by atoms with Crippen LogP contribution < -0.4 is 0 Å². The highest BCUT2D eigenvalue weighted by atomic mass is 79.9. The Hall–Kier alpha value is 0.310. The number of alkyl halides is 1. The molecule has 0 spiro atoms. The fourth-order valence-corrected chi connectivity index (χ4v) is 4.56. The van der Waals surface area contributed by atoms with Gasteiger partial charge in [-0.3, -0.25) is 0 Å². The zero-order chi connectivity index (χ0) is 14.6. The summed E-state index contributed by atoms with van der Waals surface area (Å²) in [7, 11) is -1.98. The highest BCUT2D eigenvalue weighted by Crippen LogP contribution is 2.30. The number of rotatable bonds is 7. The van der Waals surface area contributed by atoms with E-state index in [0.717, 1.165) is 12.2 Å². The lowest BCUT2D eigenvalue weighted by atomic mass is 10.3. The zero-order valence-corrected chi connectivity index (χ0v) is 15.0. The van der Waals surface area contributed by atoms with Gasteiger partial charge in [0.2, 0.25) is 10.0 Å². The lowest BCUT2D eigenvalue weighted by Crippen LogP contribution is -2.35. The van der Waals surface area contributed by atoms with Crippen molar-refractivity contribution in [2.24, 2.45) is 0 Å². The fraction of sp³-hybridized carbons (Fsp3) is 0.636. The van der Waals surface area contributed by atoms with Gasteiger partial charge < -0.3 is 4.42 Å². The summed E-state index contributed by atoms with van der Waals surface area (Å²) in [6.07, 6.45) is 2.80. The molecule has 4 nitrogen and oxygen atoms in total. The van der Waals surface area contributed by atoms with Gasteiger partial charge in [0, 0.05) is 19.2 Å². The first-order valence-corrected chi connectivity index (χ1v) is 9.81. The lowest BCUT2D eigenvalue weighted by Gasteiger charge is -2.23. The van der Waals surface area contributed by atoms with Crippen LogP contribution in [0.25, 0.3) is 0 Å². The van der Waals surface area contributed by atoms with Crippen molar-refractivity contribution in [2.75, 3.05) is 19.1 Å². The quantitative estimate of drug-likeness (QED) is 0.668. The number of nitrogens with zero attached hydrogens (tertiary/aromatic N) is 1. The maximum Gasteiger partial charge on any atom is 0.247 e. The predicted molar refractivity (Wildman–Crippen MR) is 83.4 cm³/mol. The van der Waals surface area contributed by atoms with E-state index in [1.54, 1.807) is 18.8 Å². The molecule has 0 saturated carbocycles. The second-order valence-corrected chi connectivity index (χ2v) is 8.08. The van der Waals surface area contributed by atoms with Crippen LogP contribution >= 0.6 is 39.3 Å². The Balaban J connectivity index is 2.99. The standard InChI is InChI=1S/C11H17BrClNO3S2/c1-8(4-5-18-3)14(2)19(15,16)10-6-9(7-13)17-11(10)12/h6,8H,4-5,7H2,1-3H3. The third kappa shape index (κ3) is 4.14. The van der Waals surface area contributed by atoms with Gasteiger partial charge in [0.05, 0.1) is 5.88 Å². The summed E-state index contributed by atoms with van der Waals surface area (Å²) in [5.41, 5.74) is 0. The first kappa shape index (κ1) is 17.4. The number of hydrogen-bond acceptors (Lipinski definition) is 4. The molecule has 0 N–H and O–H groups in total. The summed E-state index contributed by atoms with van der Waals surface area (Å²) in [5.74, 6) is 1.48. The van der Waals surface area contributed by atoms with Crippen molar-refractivity contribution in [1.29, 1.82) is 0 Å². The van der Waals surface area contributed by atoms with Crippen LogP contribution in [0, 0.1) is 0 Å². The zero-order valence-electron chi connectivity index (χ0n) is 11.0. The molecule has 1 aromatic rings. The molecule has 1 rings (SSSR count). The van der Waals surface area contributed by atoms with Gasteiger partial charge in [-0.25, -0.2) is 8.42 Å². The van der Waals surface area contributed by atoms with Gasteiger partial charge in [-0.1, -0.05) is 0 Å². The van der Waals surface area contributed by atoms with Crippen molar-refractivity contribution >= 4 is 49.3 Å². The summed E-state index contributed by atoms with van der Waals surface area (Å²) in [6.45, 7) is 1.89. The Morgan fingerprint density at radius 1 is 1.58 bits per heavy atom. The Morgan fingerprint density at radius 3 is 2.68 bits per heavy atom.